The topological polar surface area (TPSA) is 143 Å². The van der Waals surface area contributed by atoms with Crippen molar-refractivity contribution in [2.45, 2.75) is 13.5 Å². The van der Waals surface area contributed by atoms with Crippen LogP contribution in [0.15, 0.2) is 52.0 Å². The number of hydrogen-bond donors (Lipinski definition) is 1. The summed E-state index contributed by atoms with van der Waals surface area (Å²) in [4.78, 5) is 15.5. The molecule has 33 heavy (non-hydrogen) atoms. The molecule has 1 amide bonds. The van der Waals surface area contributed by atoms with Crippen LogP contribution in [-0.2, 0) is 16.1 Å². The summed E-state index contributed by atoms with van der Waals surface area (Å²) in [6.45, 7) is 2.14. The molecule has 0 saturated carbocycles. The number of aliphatic imine (C=N–C) groups is 1. The first kappa shape index (κ1) is 22.1. The van der Waals surface area contributed by atoms with Crippen molar-refractivity contribution in [1.82, 2.24) is 25.0 Å². The van der Waals surface area contributed by atoms with Gasteiger partial charge in [-0.3, -0.25) is 9.79 Å². The van der Waals surface area contributed by atoms with E-state index in [1.807, 2.05) is 24.3 Å². The van der Waals surface area contributed by atoms with Crippen molar-refractivity contribution in [2.75, 3.05) is 20.8 Å². The van der Waals surface area contributed by atoms with Gasteiger partial charge >= 0.3 is 0 Å². The molecule has 1 atom stereocenters. The summed E-state index contributed by atoms with van der Waals surface area (Å²) in [5.41, 5.74) is 6.97. The maximum Gasteiger partial charge on any atom is 0.240 e. The molecule has 0 aliphatic carbocycles. The molecule has 0 aliphatic heterocycles. The number of carbonyl (C=O) groups is 1. The summed E-state index contributed by atoms with van der Waals surface area (Å²) >= 11 is 0. The minimum absolute atomic E-state index is 0.139. The fourth-order valence-corrected chi connectivity index (χ4v) is 3.13. The lowest BCUT2D eigenvalue weighted by Gasteiger charge is -2.10. The van der Waals surface area contributed by atoms with Crippen LogP contribution in [0.25, 0.3) is 27.9 Å². The third-order valence-electron chi connectivity index (χ3n) is 4.97. The van der Waals surface area contributed by atoms with Crippen LogP contribution in [0.2, 0.25) is 0 Å². The predicted octanol–water partition coefficient (Wildman–Crippen LogP) is 2.21. The van der Waals surface area contributed by atoms with E-state index in [2.05, 4.69) is 25.4 Å². The van der Waals surface area contributed by atoms with E-state index in [4.69, 9.17) is 19.7 Å². The van der Waals surface area contributed by atoms with Gasteiger partial charge in [-0.15, -0.1) is 15.3 Å². The van der Waals surface area contributed by atoms with Crippen molar-refractivity contribution in [3.05, 3.63) is 48.2 Å². The number of methoxy groups -OCH3 is 1. The highest BCUT2D eigenvalue weighted by molar-refractivity contribution is 5.99. The lowest BCUT2D eigenvalue weighted by atomic mass is 10.1. The summed E-state index contributed by atoms with van der Waals surface area (Å²) in [5.74, 6) is 0.510. The number of benzene rings is 1. The molecular formula is C22H23N7O4. The number of ether oxygens (including phenoxy) is 2. The zero-order valence-electron chi connectivity index (χ0n) is 18.4. The highest BCUT2D eigenvalue weighted by Gasteiger charge is 2.19. The Labute approximate surface area is 188 Å². The summed E-state index contributed by atoms with van der Waals surface area (Å²) < 4.78 is 18.0. The van der Waals surface area contributed by atoms with Gasteiger partial charge in [0.15, 0.2) is 17.1 Å². The van der Waals surface area contributed by atoms with Crippen LogP contribution < -0.4 is 10.5 Å². The van der Waals surface area contributed by atoms with E-state index < -0.39 is 11.8 Å². The third kappa shape index (κ3) is 4.58. The SMILES string of the molecule is CN=C(/C=C\C(C)C(N)=O)COc1nn2c(-c3cc(COC)on3)nnc2c2ccccc12. The van der Waals surface area contributed by atoms with Gasteiger partial charge in [-0.1, -0.05) is 36.4 Å². The summed E-state index contributed by atoms with van der Waals surface area (Å²) in [6, 6.07) is 9.33. The Balaban J connectivity index is 1.70. The van der Waals surface area contributed by atoms with Crippen LogP contribution in [0.1, 0.15) is 12.7 Å². The molecule has 0 aliphatic rings. The van der Waals surface area contributed by atoms with E-state index in [0.717, 1.165) is 10.8 Å². The Morgan fingerprint density at radius 3 is 2.82 bits per heavy atom. The highest BCUT2D eigenvalue weighted by Crippen LogP contribution is 2.28. The van der Waals surface area contributed by atoms with Crippen LogP contribution in [0.4, 0.5) is 0 Å². The van der Waals surface area contributed by atoms with Crippen molar-refractivity contribution in [2.24, 2.45) is 16.6 Å². The molecule has 4 aromatic rings. The molecule has 0 spiro atoms. The summed E-state index contributed by atoms with van der Waals surface area (Å²) in [6.07, 6.45) is 3.40. The lowest BCUT2D eigenvalue weighted by molar-refractivity contribution is -0.120. The molecule has 170 valence electrons. The average molecular weight is 449 g/mol. The molecule has 0 radical (unpaired) electrons. The Bertz CT molecular complexity index is 1360. The fraction of sp³-hybridized carbons (Fsp3) is 0.273. The molecule has 3 heterocycles. The van der Waals surface area contributed by atoms with Crippen LogP contribution >= 0.6 is 0 Å². The number of hydrogen-bond acceptors (Lipinski definition) is 9. The molecule has 11 nitrogen and oxygen atoms in total. The minimum atomic E-state index is -0.415. The molecule has 4 rings (SSSR count). The maximum atomic E-state index is 11.3. The van der Waals surface area contributed by atoms with Crippen molar-refractivity contribution in [3.63, 3.8) is 0 Å². The van der Waals surface area contributed by atoms with E-state index in [9.17, 15) is 4.79 Å². The zero-order valence-corrected chi connectivity index (χ0v) is 18.4. The Kier molecular flexibility index (Phi) is 6.41. The third-order valence-corrected chi connectivity index (χ3v) is 4.97. The Morgan fingerprint density at radius 2 is 2.09 bits per heavy atom. The number of fused-ring (bicyclic) bond motifs is 3. The Hall–Kier alpha value is -4.12. The van der Waals surface area contributed by atoms with Gasteiger partial charge in [0.05, 0.1) is 11.6 Å². The van der Waals surface area contributed by atoms with Crippen molar-refractivity contribution < 1.29 is 18.8 Å². The molecule has 11 heteroatoms. The number of nitrogens with zero attached hydrogens (tertiary/aromatic N) is 6. The van der Waals surface area contributed by atoms with Gasteiger partial charge in [-0.2, -0.15) is 4.52 Å². The van der Waals surface area contributed by atoms with Crippen molar-refractivity contribution in [1.29, 1.82) is 0 Å². The van der Waals surface area contributed by atoms with Crippen LogP contribution in [0.3, 0.4) is 0 Å². The summed E-state index contributed by atoms with van der Waals surface area (Å²) in [7, 11) is 3.22. The van der Waals surface area contributed by atoms with Gasteiger partial charge in [0, 0.05) is 31.0 Å². The van der Waals surface area contributed by atoms with E-state index in [1.54, 1.807) is 43.8 Å². The zero-order chi connectivity index (χ0) is 23.4. The second-order valence-corrected chi connectivity index (χ2v) is 7.28. The number of nitrogens with two attached hydrogens (primary N) is 1. The number of rotatable bonds is 9. The Morgan fingerprint density at radius 1 is 1.30 bits per heavy atom. The number of primary amides is 1. The molecule has 0 fully saturated rings. The molecule has 3 aromatic heterocycles. The standard InChI is InChI=1S/C22H23N7O4/c1-13(19(23)30)8-9-14(24-2)11-32-22-17-7-5-4-6-16(17)20-25-26-21(29(20)27-22)18-10-15(12-31-3)33-28-18/h4-10,13H,11-12H2,1-3H3,(H2,23,30)/b9-8-,24-14?. The second-order valence-electron chi connectivity index (χ2n) is 7.28. The first-order chi connectivity index (χ1) is 16.0. The largest absolute Gasteiger partial charge is 0.470 e. The molecule has 1 aromatic carbocycles. The molecule has 0 saturated heterocycles. The van der Waals surface area contributed by atoms with E-state index in [0.29, 0.717) is 34.5 Å². The van der Waals surface area contributed by atoms with E-state index in [-0.39, 0.29) is 13.2 Å². The first-order valence-corrected chi connectivity index (χ1v) is 10.2. The second kappa shape index (κ2) is 9.57. The monoisotopic (exact) mass is 449 g/mol. The first-order valence-electron chi connectivity index (χ1n) is 10.2. The van der Waals surface area contributed by atoms with Crippen molar-refractivity contribution >= 4 is 28.0 Å². The maximum absolute atomic E-state index is 11.3. The van der Waals surface area contributed by atoms with Crippen LogP contribution in [-0.4, -0.2) is 57.4 Å². The number of aromatic nitrogens is 5. The van der Waals surface area contributed by atoms with Crippen LogP contribution in [0, 0.1) is 5.92 Å². The summed E-state index contributed by atoms with van der Waals surface area (Å²) in [5, 5.41) is 18.8. The van der Waals surface area contributed by atoms with E-state index in [1.165, 1.54) is 0 Å². The van der Waals surface area contributed by atoms with Gasteiger partial charge < -0.3 is 19.7 Å². The highest BCUT2D eigenvalue weighted by atomic mass is 16.5. The van der Waals surface area contributed by atoms with E-state index >= 15 is 0 Å². The predicted molar refractivity (Wildman–Crippen MR) is 121 cm³/mol. The molecule has 1 unspecified atom stereocenters. The van der Waals surface area contributed by atoms with Gasteiger partial charge in [0.2, 0.25) is 17.6 Å². The normalized spacial score (nSPS) is 13.2. The smallest absolute Gasteiger partial charge is 0.240 e. The van der Waals surface area contributed by atoms with Gasteiger partial charge in [-0.25, -0.2) is 0 Å². The van der Waals surface area contributed by atoms with Gasteiger partial charge in [0.1, 0.15) is 13.2 Å². The van der Waals surface area contributed by atoms with Gasteiger partial charge in [-0.05, 0) is 12.1 Å². The van der Waals surface area contributed by atoms with Gasteiger partial charge in [0.25, 0.3) is 0 Å². The molecule has 2 N–H and O–H groups in total. The average Bonchev–Trinajstić information content (AvgIpc) is 3.46. The fourth-order valence-electron chi connectivity index (χ4n) is 3.13. The van der Waals surface area contributed by atoms with Crippen LogP contribution in [0.5, 0.6) is 5.88 Å². The lowest BCUT2D eigenvalue weighted by Crippen LogP contribution is -2.19. The number of amides is 1. The van der Waals surface area contributed by atoms with Crippen molar-refractivity contribution in [3.8, 4) is 17.4 Å². The minimum Gasteiger partial charge on any atom is -0.470 e. The number of carbonyl (C=O) groups excluding carboxylic acids is 1. The molecule has 0 bridgehead atoms. The molecular weight excluding hydrogens is 426 g/mol. The quantitative estimate of drug-likeness (QED) is 0.383.